The van der Waals surface area contributed by atoms with Gasteiger partial charge in [0.05, 0.1) is 13.2 Å². The lowest BCUT2D eigenvalue weighted by Crippen LogP contribution is -2.33. The minimum atomic E-state index is -0.0216. The van der Waals surface area contributed by atoms with Crippen molar-refractivity contribution in [2.75, 3.05) is 19.8 Å². The SMILES string of the molecule is C=CCCOCCNC(=O)CC(N)CCC. The van der Waals surface area contributed by atoms with Crippen molar-refractivity contribution < 1.29 is 9.53 Å². The molecule has 1 atom stereocenters. The predicted octanol–water partition coefficient (Wildman–Crippen LogP) is 1.21. The second kappa shape index (κ2) is 10.6. The Morgan fingerprint density at radius 3 is 2.94 bits per heavy atom. The number of amides is 1. The second-order valence-electron chi connectivity index (χ2n) is 3.79. The van der Waals surface area contributed by atoms with Gasteiger partial charge in [-0.2, -0.15) is 0 Å². The van der Waals surface area contributed by atoms with Crippen molar-refractivity contribution in [2.45, 2.75) is 38.6 Å². The van der Waals surface area contributed by atoms with Crippen LogP contribution in [-0.2, 0) is 9.53 Å². The fourth-order valence-corrected chi connectivity index (χ4v) is 1.31. The Morgan fingerprint density at radius 1 is 1.56 bits per heavy atom. The molecule has 0 saturated carbocycles. The summed E-state index contributed by atoms with van der Waals surface area (Å²) in [4.78, 5) is 11.4. The molecule has 1 amide bonds. The molecule has 0 aliphatic carbocycles. The van der Waals surface area contributed by atoms with E-state index in [0.717, 1.165) is 19.3 Å². The van der Waals surface area contributed by atoms with Crippen LogP contribution in [0.5, 0.6) is 0 Å². The monoisotopic (exact) mass is 228 g/mol. The molecule has 0 spiro atoms. The van der Waals surface area contributed by atoms with Gasteiger partial charge in [0.25, 0.3) is 0 Å². The molecule has 94 valence electrons. The van der Waals surface area contributed by atoms with E-state index < -0.39 is 0 Å². The van der Waals surface area contributed by atoms with Gasteiger partial charge in [-0.05, 0) is 12.8 Å². The third-order valence-electron chi connectivity index (χ3n) is 2.14. The van der Waals surface area contributed by atoms with Crippen LogP contribution >= 0.6 is 0 Å². The average molecular weight is 228 g/mol. The third kappa shape index (κ3) is 9.68. The lowest BCUT2D eigenvalue weighted by molar-refractivity contribution is -0.121. The van der Waals surface area contributed by atoms with Crippen molar-refractivity contribution >= 4 is 5.91 Å². The summed E-state index contributed by atoms with van der Waals surface area (Å²) in [6, 6.07) is -0.0216. The first-order chi connectivity index (χ1) is 7.70. The van der Waals surface area contributed by atoms with E-state index in [-0.39, 0.29) is 11.9 Å². The Morgan fingerprint density at radius 2 is 2.31 bits per heavy atom. The molecule has 0 aliphatic rings. The van der Waals surface area contributed by atoms with Crippen molar-refractivity contribution in [1.29, 1.82) is 0 Å². The van der Waals surface area contributed by atoms with Crippen LogP contribution in [0.3, 0.4) is 0 Å². The zero-order valence-corrected chi connectivity index (χ0v) is 10.2. The van der Waals surface area contributed by atoms with Crippen LogP contribution in [0.4, 0.5) is 0 Å². The molecule has 4 nitrogen and oxygen atoms in total. The molecule has 0 aliphatic heterocycles. The van der Waals surface area contributed by atoms with E-state index in [0.29, 0.717) is 26.2 Å². The van der Waals surface area contributed by atoms with E-state index >= 15 is 0 Å². The van der Waals surface area contributed by atoms with Gasteiger partial charge in [-0.3, -0.25) is 4.79 Å². The van der Waals surface area contributed by atoms with Crippen molar-refractivity contribution in [3.63, 3.8) is 0 Å². The molecule has 0 aromatic carbocycles. The first-order valence-corrected chi connectivity index (χ1v) is 5.91. The van der Waals surface area contributed by atoms with Gasteiger partial charge in [-0.1, -0.05) is 19.4 Å². The number of nitrogens with two attached hydrogens (primary N) is 1. The maximum absolute atomic E-state index is 11.4. The number of rotatable bonds is 10. The fraction of sp³-hybridized carbons (Fsp3) is 0.750. The minimum absolute atomic E-state index is 0.00766. The molecule has 0 aromatic rings. The molecule has 0 radical (unpaired) electrons. The Kier molecular flexibility index (Phi) is 10.1. The molecule has 3 N–H and O–H groups in total. The Labute approximate surface area is 98.2 Å². The minimum Gasteiger partial charge on any atom is -0.379 e. The number of nitrogens with one attached hydrogen (secondary N) is 1. The van der Waals surface area contributed by atoms with Gasteiger partial charge in [0.15, 0.2) is 0 Å². The van der Waals surface area contributed by atoms with Gasteiger partial charge in [0, 0.05) is 19.0 Å². The van der Waals surface area contributed by atoms with Crippen molar-refractivity contribution in [2.24, 2.45) is 5.73 Å². The van der Waals surface area contributed by atoms with Crippen LogP contribution in [-0.4, -0.2) is 31.7 Å². The topological polar surface area (TPSA) is 64.3 Å². The fourth-order valence-electron chi connectivity index (χ4n) is 1.31. The standard InChI is InChI=1S/C12H24N2O2/c1-3-5-8-16-9-7-14-12(15)10-11(13)6-4-2/h3,11H,1,4-10,13H2,2H3,(H,14,15). The summed E-state index contributed by atoms with van der Waals surface area (Å²) in [6.07, 6.45) is 4.96. The highest BCUT2D eigenvalue weighted by molar-refractivity contribution is 5.76. The number of carbonyl (C=O) groups excluding carboxylic acids is 1. The van der Waals surface area contributed by atoms with Crippen LogP contribution in [0.2, 0.25) is 0 Å². The highest BCUT2D eigenvalue weighted by atomic mass is 16.5. The van der Waals surface area contributed by atoms with E-state index in [1.807, 2.05) is 6.08 Å². The van der Waals surface area contributed by atoms with Gasteiger partial charge in [0.2, 0.25) is 5.91 Å². The Balaban J connectivity index is 3.33. The molecule has 0 rings (SSSR count). The summed E-state index contributed by atoms with van der Waals surface area (Å²) in [5, 5.41) is 2.78. The predicted molar refractivity (Wildman–Crippen MR) is 66.1 cm³/mol. The van der Waals surface area contributed by atoms with Gasteiger partial charge in [-0.15, -0.1) is 6.58 Å². The van der Waals surface area contributed by atoms with E-state index in [1.165, 1.54) is 0 Å². The van der Waals surface area contributed by atoms with E-state index in [4.69, 9.17) is 10.5 Å². The van der Waals surface area contributed by atoms with Crippen molar-refractivity contribution in [3.05, 3.63) is 12.7 Å². The molecule has 0 aromatic heterocycles. The molecule has 0 saturated heterocycles. The van der Waals surface area contributed by atoms with Gasteiger partial charge in [-0.25, -0.2) is 0 Å². The quantitative estimate of drug-likeness (QED) is 0.436. The summed E-state index contributed by atoms with van der Waals surface area (Å²) in [6.45, 7) is 7.41. The Bertz CT molecular complexity index is 195. The normalized spacial score (nSPS) is 12.1. The average Bonchev–Trinajstić information content (AvgIpc) is 2.23. The van der Waals surface area contributed by atoms with Crippen LogP contribution in [0.15, 0.2) is 12.7 Å². The largest absolute Gasteiger partial charge is 0.379 e. The molecule has 0 fully saturated rings. The van der Waals surface area contributed by atoms with Crippen molar-refractivity contribution in [3.8, 4) is 0 Å². The Hall–Kier alpha value is -0.870. The van der Waals surface area contributed by atoms with Crippen molar-refractivity contribution in [1.82, 2.24) is 5.32 Å². The molecule has 1 unspecified atom stereocenters. The highest BCUT2D eigenvalue weighted by Crippen LogP contribution is 1.97. The molecular formula is C12H24N2O2. The maximum atomic E-state index is 11.4. The van der Waals surface area contributed by atoms with Gasteiger partial charge < -0.3 is 15.8 Å². The van der Waals surface area contributed by atoms with Crippen LogP contribution < -0.4 is 11.1 Å². The second-order valence-corrected chi connectivity index (χ2v) is 3.79. The van der Waals surface area contributed by atoms with Crippen LogP contribution in [0, 0.1) is 0 Å². The molecule has 4 heteroatoms. The molecule has 16 heavy (non-hydrogen) atoms. The number of carbonyl (C=O) groups is 1. The summed E-state index contributed by atoms with van der Waals surface area (Å²) in [7, 11) is 0. The third-order valence-corrected chi connectivity index (χ3v) is 2.14. The number of hydrogen-bond acceptors (Lipinski definition) is 3. The van der Waals surface area contributed by atoms with Crippen LogP contribution in [0.1, 0.15) is 32.6 Å². The molecule has 0 heterocycles. The van der Waals surface area contributed by atoms with Crippen LogP contribution in [0.25, 0.3) is 0 Å². The summed E-state index contributed by atoms with van der Waals surface area (Å²) in [5.41, 5.74) is 5.75. The van der Waals surface area contributed by atoms with E-state index in [9.17, 15) is 4.79 Å². The lowest BCUT2D eigenvalue weighted by Gasteiger charge is -2.10. The van der Waals surface area contributed by atoms with Gasteiger partial charge in [0.1, 0.15) is 0 Å². The van der Waals surface area contributed by atoms with E-state index in [1.54, 1.807) is 0 Å². The first kappa shape index (κ1) is 15.1. The smallest absolute Gasteiger partial charge is 0.221 e. The summed E-state index contributed by atoms with van der Waals surface area (Å²) in [5.74, 6) is 0.00766. The zero-order chi connectivity index (χ0) is 12.2. The van der Waals surface area contributed by atoms with Gasteiger partial charge >= 0.3 is 0 Å². The highest BCUT2D eigenvalue weighted by Gasteiger charge is 2.07. The van der Waals surface area contributed by atoms with E-state index in [2.05, 4.69) is 18.8 Å². The number of ether oxygens (including phenoxy) is 1. The first-order valence-electron chi connectivity index (χ1n) is 5.91. The maximum Gasteiger partial charge on any atom is 0.221 e. The molecule has 0 bridgehead atoms. The molecular weight excluding hydrogens is 204 g/mol. The zero-order valence-electron chi connectivity index (χ0n) is 10.2. The summed E-state index contributed by atoms with van der Waals surface area (Å²) < 4.78 is 5.26. The number of hydrogen-bond donors (Lipinski definition) is 2. The lowest BCUT2D eigenvalue weighted by atomic mass is 10.1. The summed E-state index contributed by atoms with van der Waals surface area (Å²) >= 11 is 0.